The second-order valence-electron chi connectivity index (χ2n) is 6.37. The molecule has 0 radical (unpaired) electrons. The number of carbonyl (C=O) groups excluding carboxylic acids is 2. The van der Waals surface area contributed by atoms with Gasteiger partial charge >= 0.3 is 0 Å². The first-order valence-electron chi connectivity index (χ1n) is 8.52. The minimum Gasteiger partial charge on any atom is -0.495 e. The van der Waals surface area contributed by atoms with Crippen molar-refractivity contribution >= 4 is 29.1 Å². The molecule has 0 bridgehead atoms. The van der Waals surface area contributed by atoms with Crippen molar-refractivity contribution in [3.05, 3.63) is 59.1 Å². The first-order chi connectivity index (χ1) is 12.5. The van der Waals surface area contributed by atoms with Crippen LogP contribution in [0.25, 0.3) is 0 Å². The number of benzene rings is 2. The predicted molar refractivity (Wildman–Crippen MR) is 101 cm³/mol. The topological polar surface area (TPSA) is 67.4 Å². The summed E-state index contributed by atoms with van der Waals surface area (Å²) in [5, 5.41) is 6.15. The van der Waals surface area contributed by atoms with Gasteiger partial charge in [-0.15, -0.1) is 0 Å². The first kappa shape index (κ1) is 18.3. The van der Waals surface area contributed by atoms with Crippen molar-refractivity contribution in [2.45, 2.75) is 19.3 Å². The second kappa shape index (κ2) is 7.79. The normalized spacial score (nSPS) is 14.4. The zero-order valence-electron chi connectivity index (χ0n) is 14.5. The highest BCUT2D eigenvalue weighted by Crippen LogP contribution is 2.47. The van der Waals surface area contributed by atoms with E-state index in [1.165, 1.54) is 7.11 Å². The highest BCUT2D eigenvalue weighted by Gasteiger charge is 2.56. The van der Waals surface area contributed by atoms with Gasteiger partial charge in [0.15, 0.2) is 0 Å². The van der Waals surface area contributed by atoms with E-state index in [2.05, 4.69) is 10.6 Å². The minimum absolute atomic E-state index is 0.230. The van der Waals surface area contributed by atoms with Crippen molar-refractivity contribution in [2.75, 3.05) is 19.0 Å². The Balaban J connectivity index is 1.60. The van der Waals surface area contributed by atoms with Crippen molar-refractivity contribution in [1.29, 1.82) is 0 Å². The van der Waals surface area contributed by atoms with E-state index in [1.807, 2.05) is 30.3 Å². The van der Waals surface area contributed by atoms with Crippen LogP contribution >= 0.6 is 11.6 Å². The third kappa shape index (κ3) is 3.99. The Labute approximate surface area is 157 Å². The number of anilines is 1. The van der Waals surface area contributed by atoms with Crippen LogP contribution in [-0.2, 0) is 16.0 Å². The number of halogens is 1. The largest absolute Gasteiger partial charge is 0.495 e. The van der Waals surface area contributed by atoms with E-state index >= 15 is 0 Å². The molecule has 0 spiro atoms. The van der Waals surface area contributed by atoms with Crippen LogP contribution in [0, 0.1) is 5.41 Å². The zero-order chi connectivity index (χ0) is 18.6. The Kier molecular flexibility index (Phi) is 5.47. The van der Waals surface area contributed by atoms with Gasteiger partial charge in [0.2, 0.25) is 11.8 Å². The summed E-state index contributed by atoms with van der Waals surface area (Å²) in [5.74, 6) is -0.0507. The van der Waals surface area contributed by atoms with Gasteiger partial charge in [0.25, 0.3) is 0 Å². The highest BCUT2D eigenvalue weighted by atomic mass is 35.5. The molecule has 5 nitrogen and oxygen atoms in total. The van der Waals surface area contributed by atoms with Crippen molar-refractivity contribution in [3.8, 4) is 5.75 Å². The van der Waals surface area contributed by atoms with Gasteiger partial charge in [-0.25, -0.2) is 0 Å². The summed E-state index contributed by atoms with van der Waals surface area (Å²) in [5.41, 5.74) is 0.614. The van der Waals surface area contributed by atoms with Crippen LogP contribution in [0.5, 0.6) is 5.75 Å². The van der Waals surface area contributed by atoms with Gasteiger partial charge in [0, 0.05) is 11.6 Å². The van der Waals surface area contributed by atoms with E-state index in [9.17, 15) is 9.59 Å². The summed E-state index contributed by atoms with van der Waals surface area (Å²) >= 11 is 5.99. The molecule has 3 rings (SSSR count). The molecule has 2 aromatic carbocycles. The van der Waals surface area contributed by atoms with Crippen LogP contribution in [0.3, 0.4) is 0 Å². The lowest BCUT2D eigenvalue weighted by Gasteiger charge is -2.17. The van der Waals surface area contributed by atoms with Crippen LogP contribution in [0.4, 0.5) is 5.69 Å². The number of rotatable bonds is 7. The first-order valence-corrected chi connectivity index (χ1v) is 8.90. The average Bonchev–Trinajstić information content (AvgIpc) is 3.45. The van der Waals surface area contributed by atoms with E-state index in [0.717, 1.165) is 12.0 Å². The Morgan fingerprint density at radius 1 is 1.12 bits per heavy atom. The number of amides is 2. The zero-order valence-corrected chi connectivity index (χ0v) is 15.3. The monoisotopic (exact) mass is 372 g/mol. The molecule has 6 heteroatoms. The smallest absolute Gasteiger partial charge is 0.240 e. The van der Waals surface area contributed by atoms with E-state index < -0.39 is 5.41 Å². The fourth-order valence-corrected chi connectivity index (χ4v) is 3.01. The fourth-order valence-electron chi connectivity index (χ4n) is 2.84. The van der Waals surface area contributed by atoms with E-state index in [-0.39, 0.29) is 11.8 Å². The molecule has 136 valence electrons. The van der Waals surface area contributed by atoms with Crippen LogP contribution in [0.1, 0.15) is 18.4 Å². The molecule has 2 amide bonds. The quantitative estimate of drug-likeness (QED) is 0.732. The maximum atomic E-state index is 12.7. The molecule has 0 saturated heterocycles. The van der Waals surface area contributed by atoms with Gasteiger partial charge in [-0.05, 0) is 43.0 Å². The maximum absolute atomic E-state index is 12.7. The summed E-state index contributed by atoms with van der Waals surface area (Å²) in [7, 11) is 1.52. The molecule has 2 aromatic rings. The van der Waals surface area contributed by atoms with Gasteiger partial charge in [-0.1, -0.05) is 41.9 Å². The van der Waals surface area contributed by atoms with E-state index in [1.54, 1.807) is 18.2 Å². The molecule has 1 aliphatic rings. The molecular formula is C20H21ClN2O3. The number of hydrogen-bond donors (Lipinski definition) is 2. The van der Waals surface area contributed by atoms with Gasteiger partial charge < -0.3 is 15.4 Å². The lowest BCUT2D eigenvalue weighted by Crippen LogP contribution is -2.40. The number of nitrogens with one attached hydrogen (secondary N) is 2. The Hall–Kier alpha value is -2.53. The minimum atomic E-state index is -0.996. The summed E-state index contributed by atoms with van der Waals surface area (Å²) in [6, 6.07) is 14.9. The molecule has 1 aliphatic carbocycles. The Morgan fingerprint density at radius 3 is 2.50 bits per heavy atom. The standard InChI is InChI=1S/C20H21ClN2O3/c1-26-17-8-7-15(21)13-16(17)23-19(25)20(10-11-20)18(24)22-12-9-14-5-3-2-4-6-14/h2-8,13H,9-12H2,1H3,(H,22,24)(H,23,25). The molecule has 1 fully saturated rings. The second-order valence-corrected chi connectivity index (χ2v) is 6.81. The van der Waals surface area contributed by atoms with Crippen molar-refractivity contribution in [1.82, 2.24) is 5.32 Å². The molecule has 0 heterocycles. The third-order valence-electron chi connectivity index (χ3n) is 4.57. The van der Waals surface area contributed by atoms with E-state index in [4.69, 9.17) is 16.3 Å². The van der Waals surface area contributed by atoms with Gasteiger partial charge in [0.05, 0.1) is 12.8 Å². The van der Waals surface area contributed by atoms with Gasteiger partial charge in [0.1, 0.15) is 11.2 Å². The highest BCUT2D eigenvalue weighted by molar-refractivity contribution is 6.31. The summed E-state index contributed by atoms with van der Waals surface area (Å²) in [6.45, 7) is 0.498. The summed E-state index contributed by atoms with van der Waals surface area (Å²) < 4.78 is 5.23. The molecule has 1 saturated carbocycles. The predicted octanol–water partition coefficient (Wildman–Crippen LogP) is 3.43. The maximum Gasteiger partial charge on any atom is 0.240 e. The van der Waals surface area contributed by atoms with Crippen LogP contribution in [0.15, 0.2) is 48.5 Å². The number of hydrogen-bond acceptors (Lipinski definition) is 3. The van der Waals surface area contributed by atoms with Crippen molar-refractivity contribution in [3.63, 3.8) is 0 Å². The third-order valence-corrected chi connectivity index (χ3v) is 4.81. The molecule has 0 atom stereocenters. The van der Waals surface area contributed by atoms with Crippen molar-refractivity contribution in [2.24, 2.45) is 5.41 Å². The lowest BCUT2D eigenvalue weighted by molar-refractivity contribution is -0.134. The molecule has 0 aromatic heterocycles. The van der Waals surface area contributed by atoms with Crippen LogP contribution < -0.4 is 15.4 Å². The number of carbonyl (C=O) groups is 2. The van der Waals surface area contributed by atoms with Gasteiger partial charge in [-0.3, -0.25) is 9.59 Å². The Morgan fingerprint density at radius 2 is 1.85 bits per heavy atom. The average molecular weight is 373 g/mol. The van der Waals surface area contributed by atoms with Crippen molar-refractivity contribution < 1.29 is 14.3 Å². The summed E-state index contributed by atoms with van der Waals surface area (Å²) in [4.78, 5) is 25.2. The molecule has 0 unspecified atom stereocenters. The fraction of sp³-hybridized carbons (Fsp3) is 0.300. The van der Waals surface area contributed by atoms with E-state index in [0.29, 0.717) is 35.8 Å². The lowest BCUT2D eigenvalue weighted by atomic mass is 10.0. The molecule has 2 N–H and O–H groups in total. The molecular weight excluding hydrogens is 352 g/mol. The summed E-state index contributed by atoms with van der Waals surface area (Å²) in [6.07, 6.45) is 1.81. The Bertz CT molecular complexity index is 804. The molecule has 26 heavy (non-hydrogen) atoms. The van der Waals surface area contributed by atoms with Gasteiger partial charge in [-0.2, -0.15) is 0 Å². The number of methoxy groups -OCH3 is 1. The van der Waals surface area contributed by atoms with Crippen LogP contribution in [0.2, 0.25) is 5.02 Å². The number of ether oxygens (including phenoxy) is 1. The van der Waals surface area contributed by atoms with Crippen LogP contribution in [-0.4, -0.2) is 25.5 Å². The SMILES string of the molecule is COc1ccc(Cl)cc1NC(=O)C1(C(=O)NCCc2ccccc2)CC1. The molecule has 0 aliphatic heterocycles.